The zero-order valence-corrected chi connectivity index (χ0v) is 12.2. The van der Waals surface area contributed by atoms with Gasteiger partial charge in [-0.15, -0.1) is 0 Å². The fraction of sp³-hybridized carbons (Fsp3) is 0.714. The first-order valence-corrected chi connectivity index (χ1v) is 7.32. The second-order valence-electron chi connectivity index (χ2n) is 5.40. The predicted molar refractivity (Wildman–Crippen MR) is 73.8 cm³/mol. The van der Waals surface area contributed by atoms with E-state index in [9.17, 15) is 14.4 Å². The summed E-state index contributed by atoms with van der Waals surface area (Å²) in [6, 6.07) is 2.22. The standard InChI is InChI=1S/C14H20N4O3/c1-2-16-7-8-18(14(21)13(16)20)10-12(19)17-5-3-11(9-15)4-6-17/h11H,2-8,10H2,1H3. The average molecular weight is 292 g/mol. The molecule has 0 radical (unpaired) electrons. The maximum atomic E-state index is 12.2. The summed E-state index contributed by atoms with van der Waals surface area (Å²) in [4.78, 5) is 40.4. The van der Waals surface area contributed by atoms with E-state index in [2.05, 4.69) is 6.07 Å². The van der Waals surface area contributed by atoms with Crippen molar-refractivity contribution in [1.82, 2.24) is 14.7 Å². The molecule has 0 aromatic heterocycles. The van der Waals surface area contributed by atoms with E-state index >= 15 is 0 Å². The number of rotatable bonds is 3. The molecule has 2 rings (SSSR count). The van der Waals surface area contributed by atoms with Crippen LogP contribution in [0.4, 0.5) is 0 Å². The third kappa shape index (κ3) is 3.32. The van der Waals surface area contributed by atoms with Crippen LogP contribution >= 0.6 is 0 Å². The summed E-state index contributed by atoms with van der Waals surface area (Å²) in [5.74, 6) is -1.24. The number of hydrogen-bond donors (Lipinski definition) is 0. The van der Waals surface area contributed by atoms with Crippen LogP contribution in [0.3, 0.4) is 0 Å². The number of piperidine rings is 1. The Bertz CT molecular complexity index is 477. The molecule has 2 fully saturated rings. The first-order chi connectivity index (χ1) is 10.1. The lowest BCUT2D eigenvalue weighted by Gasteiger charge is -2.35. The summed E-state index contributed by atoms with van der Waals surface area (Å²) in [5, 5.41) is 8.84. The van der Waals surface area contributed by atoms with Gasteiger partial charge in [0.2, 0.25) is 5.91 Å². The lowest BCUT2D eigenvalue weighted by atomic mass is 9.98. The Morgan fingerprint density at radius 2 is 1.71 bits per heavy atom. The summed E-state index contributed by atoms with van der Waals surface area (Å²) in [7, 11) is 0. The van der Waals surface area contributed by atoms with Crippen LogP contribution in [0.5, 0.6) is 0 Å². The zero-order chi connectivity index (χ0) is 15.4. The molecule has 0 saturated carbocycles. The number of amides is 3. The van der Waals surface area contributed by atoms with E-state index in [1.54, 1.807) is 4.90 Å². The molecule has 7 heteroatoms. The van der Waals surface area contributed by atoms with Gasteiger partial charge in [0.1, 0.15) is 6.54 Å². The van der Waals surface area contributed by atoms with Crippen molar-refractivity contribution < 1.29 is 14.4 Å². The molecule has 0 N–H and O–H groups in total. The zero-order valence-electron chi connectivity index (χ0n) is 12.2. The number of carbonyl (C=O) groups excluding carboxylic acids is 3. The van der Waals surface area contributed by atoms with Crippen molar-refractivity contribution in [2.45, 2.75) is 19.8 Å². The first kappa shape index (κ1) is 15.3. The molecule has 0 aromatic rings. The second kappa shape index (κ2) is 6.57. The van der Waals surface area contributed by atoms with Crippen molar-refractivity contribution >= 4 is 17.7 Å². The van der Waals surface area contributed by atoms with E-state index < -0.39 is 11.8 Å². The monoisotopic (exact) mass is 292 g/mol. The lowest BCUT2D eigenvalue weighted by Crippen LogP contribution is -2.56. The molecule has 0 aromatic carbocycles. The number of likely N-dealkylation sites (N-methyl/N-ethyl adjacent to an activating group) is 1. The minimum Gasteiger partial charge on any atom is -0.341 e. The number of piperazine rings is 1. The van der Waals surface area contributed by atoms with Crippen LogP contribution in [0, 0.1) is 17.2 Å². The SMILES string of the molecule is CCN1CCN(CC(=O)N2CCC(C#N)CC2)C(=O)C1=O. The largest absolute Gasteiger partial charge is 0.341 e. The van der Waals surface area contributed by atoms with Gasteiger partial charge < -0.3 is 14.7 Å². The molecule has 0 bridgehead atoms. The first-order valence-electron chi connectivity index (χ1n) is 7.32. The van der Waals surface area contributed by atoms with Gasteiger partial charge in [-0.25, -0.2) is 0 Å². The Balaban J connectivity index is 1.88. The third-order valence-electron chi connectivity index (χ3n) is 4.14. The van der Waals surface area contributed by atoms with Crippen LogP contribution in [-0.4, -0.2) is 71.7 Å². The predicted octanol–water partition coefficient (Wildman–Crippen LogP) is -0.561. The highest BCUT2D eigenvalue weighted by atomic mass is 16.2. The normalized spacial score (nSPS) is 20.7. The Hall–Kier alpha value is -2.10. The minimum atomic E-state index is -0.594. The summed E-state index contributed by atoms with van der Waals surface area (Å²) >= 11 is 0. The van der Waals surface area contributed by atoms with Crippen LogP contribution in [-0.2, 0) is 14.4 Å². The van der Waals surface area contributed by atoms with Gasteiger partial charge in [0.05, 0.1) is 6.07 Å². The van der Waals surface area contributed by atoms with Crippen molar-refractivity contribution in [2.24, 2.45) is 5.92 Å². The average Bonchev–Trinajstić information content (AvgIpc) is 2.52. The van der Waals surface area contributed by atoms with E-state index in [1.807, 2.05) is 6.92 Å². The van der Waals surface area contributed by atoms with Gasteiger partial charge in [-0.3, -0.25) is 14.4 Å². The van der Waals surface area contributed by atoms with Crippen LogP contribution in [0.1, 0.15) is 19.8 Å². The molecule has 2 aliphatic rings. The quantitative estimate of drug-likeness (QED) is 0.653. The summed E-state index contributed by atoms with van der Waals surface area (Å²) in [5.41, 5.74) is 0. The third-order valence-corrected chi connectivity index (χ3v) is 4.14. The van der Waals surface area contributed by atoms with Crippen LogP contribution in [0.25, 0.3) is 0 Å². The van der Waals surface area contributed by atoms with E-state index in [4.69, 9.17) is 5.26 Å². The Morgan fingerprint density at radius 3 is 2.29 bits per heavy atom. The smallest absolute Gasteiger partial charge is 0.312 e. The molecular weight excluding hydrogens is 272 g/mol. The molecule has 0 spiro atoms. The van der Waals surface area contributed by atoms with Gasteiger partial charge in [-0.2, -0.15) is 5.26 Å². The summed E-state index contributed by atoms with van der Waals surface area (Å²) in [6.45, 7) is 4.27. The molecule has 0 atom stereocenters. The van der Waals surface area contributed by atoms with Gasteiger partial charge in [0.15, 0.2) is 0 Å². The maximum Gasteiger partial charge on any atom is 0.312 e. The van der Waals surface area contributed by atoms with Gasteiger partial charge >= 0.3 is 11.8 Å². The number of carbonyl (C=O) groups is 3. The minimum absolute atomic E-state index is 0.0189. The van der Waals surface area contributed by atoms with Gasteiger partial charge in [-0.1, -0.05) is 0 Å². The number of nitrogens with zero attached hydrogens (tertiary/aromatic N) is 4. The van der Waals surface area contributed by atoms with E-state index in [0.717, 1.165) is 0 Å². The molecule has 0 aliphatic carbocycles. The number of hydrogen-bond acceptors (Lipinski definition) is 4. The highest BCUT2D eigenvalue weighted by molar-refractivity contribution is 6.35. The Morgan fingerprint density at radius 1 is 1.14 bits per heavy atom. The van der Waals surface area contributed by atoms with Crippen molar-refractivity contribution in [2.75, 3.05) is 39.3 Å². The topological polar surface area (TPSA) is 84.7 Å². The molecule has 2 aliphatic heterocycles. The molecule has 2 heterocycles. The molecule has 3 amide bonds. The van der Waals surface area contributed by atoms with E-state index in [1.165, 1.54) is 9.80 Å². The van der Waals surface area contributed by atoms with Crippen LogP contribution in [0.2, 0.25) is 0 Å². The molecule has 0 unspecified atom stereocenters. The highest BCUT2D eigenvalue weighted by Gasteiger charge is 2.33. The van der Waals surface area contributed by atoms with Crippen molar-refractivity contribution in [3.05, 3.63) is 0 Å². The van der Waals surface area contributed by atoms with Gasteiger partial charge in [0, 0.05) is 38.6 Å². The van der Waals surface area contributed by atoms with Crippen molar-refractivity contribution in [3.63, 3.8) is 0 Å². The van der Waals surface area contributed by atoms with Gasteiger partial charge in [0.25, 0.3) is 0 Å². The lowest BCUT2D eigenvalue weighted by molar-refractivity contribution is -0.157. The Labute approximate surface area is 124 Å². The number of likely N-dealkylation sites (tertiary alicyclic amines) is 1. The fourth-order valence-corrected chi connectivity index (χ4v) is 2.69. The molecular formula is C14H20N4O3. The second-order valence-corrected chi connectivity index (χ2v) is 5.40. The van der Waals surface area contributed by atoms with Crippen molar-refractivity contribution in [3.8, 4) is 6.07 Å². The van der Waals surface area contributed by atoms with Crippen molar-refractivity contribution in [1.29, 1.82) is 5.26 Å². The summed E-state index contributed by atoms with van der Waals surface area (Å²) < 4.78 is 0. The molecule has 114 valence electrons. The Kier molecular flexibility index (Phi) is 4.78. The highest BCUT2D eigenvalue weighted by Crippen LogP contribution is 2.16. The van der Waals surface area contributed by atoms with E-state index in [-0.39, 0.29) is 18.4 Å². The van der Waals surface area contributed by atoms with Crippen LogP contribution in [0.15, 0.2) is 0 Å². The summed E-state index contributed by atoms with van der Waals surface area (Å²) in [6.07, 6.45) is 1.36. The fourth-order valence-electron chi connectivity index (χ4n) is 2.69. The molecule has 21 heavy (non-hydrogen) atoms. The number of nitriles is 1. The maximum absolute atomic E-state index is 12.2. The van der Waals surface area contributed by atoms with E-state index in [0.29, 0.717) is 45.6 Å². The van der Waals surface area contributed by atoms with Crippen LogP contribution < -0.4 is 0 Å². The van der Waals surface area contributed by atoms with Gasteiger partial charge in [-0.05, 0) is 19.8 Å². The molecule has 7 nitrogen and oxygen atoms in total. The molecule has 2 saturated heterocycles.